The monoisotopic (exact) mass is 252 g/mol. The normalized spacial score (nSPS) is 32.3. The topological polar surface area (TPSA) is 15.3 Å². The maximum atomic E-state index is 3.75. The van der Waals surface area contributed by atoms with Crippen molar-refractivity contribution in [3.8, 4) is 0 Å². The molecule has 0 spiro atoms. The highest BCUT2D eigenvalue weighted by atomic mass is 15.3. The quantitative estimate of drug-likeness (QED) is 0.828. The first-order valence-corrected chi connectivity index (χ1v) is 8.04. The van der Waals surface area contributed by atoms with E-state index in [1.807, 2.05) is 0 Å². The average molecular weight is 252 g/mol. The van der Waals surface area contributed by atoms with Gasteiger partial charge in [-0.25, -0.2) is 0 Å². The van der Waals surface area contributed by atoms with Gasteiger partial charge < -0.3 is 5.32 Å². The minimum atomic E-state index is 0.293. The van der Waals surface area contributed by atoms with Crippen molar-refractivity contribution in [1.82, 2.24) is 10.2 Å². The van der Waals surface area contributed by atoms with Gasteiger partial charge in [0.05, 0.1) is 0 Å². The lowest BCUT2D eigenvalue weighted by atomic mass is 9.85. The van der Waals surface area contributed by atoms with Crippen molar-refractivity contribution in [2.75, 3.05) is 13.1 Å². The summed E-state index contributed by atoms with van der Waals surface area (Å²) in [5, 5.41) is 3.75. The molecular weight excluding hydrogens is 220 g/mol. The zero-order chi connectivity index (χ0) is 13.2. The molecule has 0 bridgehead atoms. The van der Waals surface area contributed by atoms with Crippen LogP contribution in [-0.4, -0.2) is 35.6 Å². The van der Waals surface area contributed by atoms with Crippen LogP contribution in [0, 0.1) is 5.92 Å². The molecule has 1 saturated carbocycles. The highest BCUT2D eigenvalue weighted by Gasteiger charge is 2.38. The van der Waals surface area contributed by atoms with Crippen LogP contribution in [-0.2, 0) is 0 Å². The Labute approximate surface area is 114 Å². The van der Waals surface area contributed by atoms with Crippen molar-refractivity contribution in [2.24, 2.45) is 5.92 Å². The molecule has 2 fully saturated rings. The van der Waals surface area contributed by atoms with Gasteiger partial charge in [-0.3, -0.25) is 4.90 Å². The van der Waals surface area contributed by atoms with Crippen LogP contribution >= 0.6 is 0 Å². The van der Waals surface area contributed by atoms with Gasteiger partial charge >= 0.3 is 0 Å². The Bertz CT molecular complexity index is 256. The molecule has 0 aromatic carbocycles. The lowest BCUT2D eigenvalue weighted by Crippen LogP contribution is -2.65. The maximum absolute atomic E-state index is 3.75. The summed E-state index contributed by atoms with van der Waals surface area (Å²) in [6, 6.07) is 1.62. The minimum Gasteiger partial charge on any atom is -0.309 e. The van der Waals surface area contributed by atoms with Gasteiger partial charge in [0.25, 0.3) is 0 Å². The molecule has 0 aromatic heterocycles. The second kappa shape index (κ2) is 5.92. The van der Waals surface area contributed by atoms with Crippen molar-refractivity contribution < 1.29 is 0 Å². The largest absolute Gasteiger partial charge is 0.309 e. The highest BCUT2D eigenvalue weighted by molar-refractivity contribution is 4.96. The van der Waals surface area contributed by atoms with Gasteiger partial charge in [-0.15, -0.1) is 0 Å². The van der Waals surface area contributed by atoms with Gasteiger partial charge in [-0.1, -0.05) is 39.5 Å². The van der Waals surface area contributed by atoms with E-state index in [1.165, 1.54) is 51.6 Å². The Balaban J connectivity index is 2.08. The van der Waals surface area contributed by atoms with E-state index in [2.05, 4.69) is 37.9 Å². The molecule has 18 heavy (non-hydrogen) atoms. The SMILES string of the molecule is CCC(C)C1CNC(C)(C)CN1C1CCCCC1. The Morgan fingerprint density at radius 2 is 1.89 bits per heavy atom. The molecule has 1 aliphatic carbocycles. The first kappa shape index (κ1) is 14.3. The maximum Gasteiger partial charge on any atom is 0.0253 e. The summed E-state index contributed by atoms with van der Waals surface area (Å²) in [7, 11) is 0. The van der Waals surface area contributed by atoms with Gasteiger partial charge in [0.1, 0.15) is 0 Å². The van der Waals surface area contributed by atoms with E-state index in [1.54, 1.807) is 0 Å². The molecular formula is C16H32N2. The third-order valence-corrected chi connectivity index (χ3v) is 5.14. The smallest absolute Gasteiger partial charge is 0.0253 e. The summed E-state index contributed by atoms with van der Waals surface area (Å²) in [4.78, 5) is 2.86. The number of nitrogens with one attached hydrogen (secondary N) is 1. The van der Waals surface area contributed by atoms with Gasteiger partial charge in [-0.05, 0) is 32.6 Å². The molecule has 106 valence electrons. The number of hydrogen-bond acceptors (Lipinski definition) is 2. The van der Waals surface area contributed by atoms with Crippen molar-refractivity contribution in [3.63, 3.8) is 0 Å². The molecule has 0 radical (unpaired) electrons. The van der Waals surface area contributed by atoms with E-state index >= 15 is 0 Å². The molecule has 2 rings (SSSR count). The third kappa shape index (κ3) is 3.27. The fourth-order valence-electron chi connectivity index (χ4n) is 3.74. The van der Waals surface area contributed by atoms with Gasteiger partial charge in [0, 0.05) is 30.7 Å². The summed E-state index contributed by atoms with van der Waals surface area (Å²) < 4.78 is 0. The summed E-state index contributed by atoms with van der Waals surface area (Å²) in [6.45, 7) is 11.9. The van der Waals surface area contributed by atoms with E-state index in [9.17, 15) is 0 Å². The Kier molecular flexibility index (Phi) is 4.71. The van der Waals surface area contributed by atoms with Gasteiger partial charge in [0.2, 0.25) is 0 Å². The number of nitrogens with zero attached hydrogens (tertiary/aromatic N) is 1. The van der Waals surface area contributed by atoms with Crippen molar-refractivity contribution >= 4 is 0 Å². The van der Waals surface area contributed by atoms with Crippen LogP contribution in [0.25, 0.3) is 0 Å². The molecule has 0 amide bonds. The summed E-state index contributed by atoms with van der Waals surface area (Å²) >= 11 is 0. The summed E-state index contributed by atoms with van der Waals surface area (Å²) in [6.07, 6.45) is 8.52. The van der Waals surface area contributed by atoms with Crippen molar-refractivity contribution in [3.05, 3.63) is 0 Å². The second-order valence-electron chi connectivity index (χ2n) is 7.18. The molecule has 2 unspecified atom stereocenters. The number of hydrogen-bond donors (Lipinski definition) is 1. The van der Waals surface area contributed by atoms with Crippen molar-refractivity contribution in [2.45, 2.75) is 83.8 Å². The Morgan fingerprint density at radius 3 is 2.50 bits per heavy atom. The zero-order valence-electron chi connectivity index (χ0n) is 12.8. The second-order valence-corrected chi connectivity index (χ2v) is 7.18. The minimum absolute atomic E-state index is 0.293. The molecule has 1 N–H and O–H groups in total. The lowest BCUT2D eigenvalue weighted by molar-refractivity contribution is 0.0139. The highest BCUT2D eigenvalue weighted by Crippen LogP contribution is 2.30. The standard InChI is InChI=1S/C16H32N2/c1-5-13(2)15-11-17-16(3,4)12-18(15)14-9-7-6-8-10-14/h13-15,17H,5-12H2,1-4H3. The predicted octanol–water partition coefficient (Wildman–Crippen LogP) is 3.42. The molecule has 2 nitrogen and oxygen atoms in total. The molecule has 2 aliphatic rings. The van der Waals surface area contributed by atoms with Crippen LogP contribution in [0.3, 0.4) is 0 Å². The van der Waals surface area contributed by atoms with E-state index in [0.717, 1.165) is 18.0 Å². The van der Waals surface area contributed by atoms with Crippen molar-refractivity contribution in [1.29, 1.82) is 0 Å². The molecule has 2 heteroatoms. The fourth-order valence-corrected chi connectivity index (χ4v) is 3.74. The lowest BCUT2D eigenvalue weighted by Gasteiger charge is -2.51. The first-order valence-electron chi connectivity index (χ1n) is 8.04. The zero-order valence-corrected chi connectivity index (χ0v) is 12.8. The van der Waals surface area contributed by atoms with E-state index in [0.29, 0.717) is 5.54 Å². The van der Waals surface area contributed by atoms with E-state index in [4.69, 9.17) is 0 Å². The number of piperazine rings is 1. The number of rotatable bonds is 3. The Morgan fingerprint density at radius 1 is 1.22 bits per heavy atom. The van der Waals surface area contributed by atoms with Gasteiger partial charge in [-0.2, -0.15) is 0 Å². The van der Waals surface area contributed by atoms with Crippen LogP contribution in [0.2, 0.25) is 0 Å². The predicted molar refractivity (Wildman–Crippen MR) is 78.9 cm³/mol. The van der Waals surface area contributed by atoms with Crippen LogP contribution in [0.4, 0.5) is 0 Å². The van der Waals surface area contributed by atoms with Crippen LogP contribution in [0.1, 0.15) is 66.2 Å². The molecule has 1 heterocycles. The molecule has 1 saturated heterocycles. The third-order valence-electron chi connectivity index (χ3n) is 5.14. The van der Waals surface area contributed by atoms with E-state index in [-0.39, 0.29) is 0 Å². The van der Waals surface area contributed by atoms with Crippen LogP contribution in [0.5, 0.6) is 0 Å². The summed E-state index contributed by atoms with van der Waals surface area (Å²) in [5.74, 6) is 0.815. The molecule has 1 aliphatic heterocycles. The first-order chi connectivity index (χ1) is 8.53. The van der Waals surface area contributed by atoms with Gasteiger partial charge in [0.15, 0.2) is 0 Å². The Hall–Kier alpha value is -0.0800. The molecule has 2 atom stereocenters. The molecule has 0 aromatic rings. The van der Waals surface area contributed by atoms with E-state index < -0.39 is 0 Å². The van der Waals surface area contributed by atoms with Crippen LogP contribution < -0.4 is 5.32 Å². The average Bonchev–Trinajstić information content (AvgIpc) is 2.38. The fraction of sp³-hybridized carbons (Fsp3) is 1.00. The van der Waals surface area contributed by atoms with Crippen LogP contribution in [0.15, 0.2) is 0 Å². The summed E-state index contributed by atoms with van der Waals surface area (Å²) in [5.41, 5.74) is 0.293.